The molecule has 42 valence electrons. The highest BCUT2D eigenvalue weighted by atomic mass is 16.3. The van der Waals surface area contributed by atoms with Gasteiger partial charge in [0.1, 0.15) is 18.2 Å². The molecule has 1 rings (SSSR count). The van der Waals surface area contributed by atoms with Crippen molar-refractivity contribution in [2.24, 2.45) is 0 Å². The Morgan fingerprint density at radius 1 is 1.38 bits per heavy atom. The maximum Gasteiger partial charge on any atom is 0.291 e. The number of hydrogen-bond acceptors (Lipinski definition) is 2. The Labute approximate surface area is 47.0 Å². The Balaban J connectivity index is 3.03. The van der Waals surface area contributed by atoms with Gasteiger partial charge >= 0.3 is 0 Å². The fourth-order valence-electron chi connectivity index (χ4n) is 0.393. The summed E-state index contributed by atoms with van der Waals surface area (Å²) in [4.78, 5) is 7.56. The third-order valence-corrected chi connectivity index (χ3v) is 0.781. The Kier molecular flexibility index (Phi) is 1.12. The van der Waals surface area contributed by atoms with Gasteiger partial charge in [-0.3, -0.25) is 0 Å². The van der Waals surface area contributed by atoms with E-state index in [2.05, 4.69) is 9.97 Å². The molecule has 0 bridgehead atoms. The molecule has 0 aliphatic rings. The van der Waals surface area contributed by atoms with Gasteiger partial charge in [-0.1, -0.05) is 0 Å². The van der Waals surface area contributed by atoms with Crippen molar-refractivity contribution in [2.75, 3.05) is 0 Å². The molecule has 1 aromatic heterocycles. The van der Waals surface area contributed by atoms with Crippen LogP contribution in [0.5, 0.6) is 5.75 Å². The van der Waals surface area contributed by atoms with Crippen LogP contribution in [0.25, 0.3) is 0 Å². The third-order valence-electron chi connectivity index (χ3n) is 0.781. The molecule has 0 saturated carbocycles. The van der Waals surface area contributed by atoms with Gasteiger partial charge in [-0.05, 0) is 6.92 Å². The predicted octanol–water partition coefficient (Wildman–Crippen LogP) is 0.223. The van der Waals surface area contributed by atoms with Gasteiger partial charge in [0, 0.05) is 0 Å². The van der Waals surface area contributed by atoms with E-state index in [1.165, 1.54) is 12.4 Å². The molecular weight excluding hydrogens is 104 g/mol. The molecule has 0 aliphatic heterocycles. The second-order valence-corrected chi connectivity index (χ2v) is 1.52. The van der Waals surface area contributed by atoms with Crippen molar-refractivity contribution in [1.82, 2.24) is 9.97 Å². The van der Waals surface area contributed by atoms with Crippen molar-refractivity contribution in [3.05, 3.63) is 18.2 Å². The first kappa shape index (κ1) is 5.03. The third kappa shape index (κ3) is 0.932. The van der Waals surface area contributed by atoms with Gasteiger partial charge in [-0.2, -0.15) is 0 Å². The Hall–Kier alpha value is -1.12. The fourth-order valence-corrected chi connectivity index (χ4v) is 0.393. The molecular formula is C5H7N2O+. The van der Waals surface area contributed by atoms with E-state index in [1.54, 1.807) is 6.92 Å². The molecule has 0 aliphatic carbocycles. The number of aromatic nitrogens is 2. The average Bonchev–Trinajstić information content (AvgIpc) is 1.77. The van der Waals surface area contributed by atoms with Crippen LogP contribution in [-0.2, 0) is 0 Å². The van der Waals surface area contributed by atoms with E-state index < -0.39 is 0 Å². The quantitative estimate of drug-likeness (QED) is 0.450. The molecule has 8 heavy (non-hydrogen) atoms. The zero-order valence-electron chi connectivity index (χ0n) is 4.55. The molecule has 3 heteroatoms. The molecule has 3 nitrogen and oxygen atoms in total. The fraction of sp³-hybridized carbons (Fsp3) is 0.200. The molecule has 0 radical (unpaired) electrons. The summed E-state index contributed by atoms with van der Waals surface area (Å²) in [5.41, 5.74) is 0. The summed E-state index contributed by atoms with van der Waals surface area (Å²) in [6.45, 7) is 1.79. The van der Waals surface area contributed by atoms with E-state index in [1.807, 2.05) is 0 Å². The molecule has 0 amide bonds. The van der Waals surface area contributed by atoms with Crippen LogP contribution in [0.2, 0.25) is 0 Å². The topological polar surface area (TPSA) is 48.7 Å². The van der Waals surface area contributed by atoms with Crippen molar-refractivity contribution in [3.8, 4) is 5.75 Å². The molecule has 0 atom stereocenters. The Morgan fingerprint density at radius 2 is 1.88 bits per heavy atom. The van der Waals surface area contributed by atoms with Crippen LogP contribution >= 0.6 is 0 Å². The lowest BCUT2D eigenvalue weighted by molar-refractivity contribution is 0.469. The monoisotopic (exact) mass is 111 g/mol. The number of nitrogens with zero attached hydrogens (tertiary/aromatic N) is 2. The minimum absolute atomic E-state index is 0.357. The summed E-state index contributed by atoms with van der Waals surface area (Å²) in [7, 11) is 0. The van der Waals surface area contributed by atoms with Crippen molar-refractivity contribution in [3.63, 3.8) is 0 Å². The maximum atomic E-state index is 6.97. The molecule has 2 N–H and O–H groups in total. The van der Waals surface area contributed by atoms with Crippen molar-refractivity contribution < 1.29 is 5.11 Å². The second kappa shape index (κ2) is 1.78. The average molecular weight is 111 g/mol. The highest BCUT2D eigenvalue weighted by molar-refractivity contribution is 5.08. The minimum atomic E-state index is 0.357. The van der Waals surface area contributed by atoms with E-state index in [-0.39, 0.29) is 0 Å². The van der Waals surface area contributed by atoms with Crippen molar-refractivity contribution in [2.45, 2.75) is 6.92 Å². The number of hydrogen-bond donors (Lipinski definition) is 0. The second-order valence-electron chi connectivity index (χ2n) is 1.52. The summed E-state index contributed by atoms with van der Waals surface area (Å²) in [5, 5.41) is 6.97. The summed E-state index contributed by atoms with van der Waals surface area (Å²) >= 11 is 0. The molecule has 0 aromatic carbocycles. The normalized spacial score (nSPS) is 9.12. The Morgan fingerprint density at radius 3 is 2.25 bits per heavy atom. The highest BCUT2D eigenvalue weighted by Crippen LogP contribution is 1.99. The van der Waals surface area contributed by atoms with Crippen LogP contribution in [-0.4, -0.2) is 15.1 Å². The maximum absolute atomic E-state index is 6.97. The first-order valence-corrected chi connectivity index (χ1v) is 2.29. The van der Waals surface area contributed by atoms with E-state index >= 15 is 0 Å². The smallest absolute Gasteiger partial charge is 0.291 e. The molecule has 0 unspecified atom stereocenters. The highest BCUT2D eigenvalue weighted by Gasteiger charge is 1.89. The molecule has 1 aromatic rings. The lowest BCUT2D eigenvalue weighted by Gasteiger charge is -1.85. The first-order chi connectivity index (χ1) is 3.79. The summed E-state index contributed by atoms with van der Waals surface area (Å²) in [5.74, 6) is 1.07. The van der Waals surface area contributed by atoms with Gasteiger partial charge in [0.25, 0.3) is 5.75 Å². The van der Waals surface area contributed by atoms with Gasteiger partial charge < -0.3 is 5.11 Å². The van der Waals surface area contributed by atoms with Crippen LogP contribution < -0.4 is 0 Å². The standard InChI is InChI=1S/C5H6N2O/c1-4-6-2-5(8)3-7-4/h2-3,8H,1H3/p+1. The van der Waals surface area contributed by atoms with Gasteiger partial charge in [0.05, 0.1) is 0 Å². The predicted molar refractivity (Wildman–Crippen MR) is 29.8 cm³/mol. The van der Waals surface area contributed by atoms with Gasteiger partial charge in [0.15, 0.2) is 0 Å². The zero-order valence-corrected chi connectivity index (χ0v) is 4.55. The lowest BCUT2D eigenvalue weighted by atomic mass is 10.6. The van der Waals surface area contributed by atoms with E-state index in [0.29, 0.717) is 11.6 Å². The molecule has 0 fully saturated rings. The van der Waals surface area contributed by atoms with Crippen LogP contribution in [0.4, 0.5) is 0 Å². The van der Waals surface area contributed by atoms with Crippen LogP contribution in [0.3, 0.4) is 0 Å². The van der Waals surface area contributed by atoms with Gasteiger partial charge in [-0.15, -0.1) is 0 Å². The van der Waals surface area contributed by atoms with Crippen LogP contribution in [0.1, 0.15) is 5.82 Å². The minimum Gasteiger partial charge on any atom is -0.591 e. The summed E-state index contributed by atoms with van der Waals surface area (Å²) in [6, 6.07) is 0. The SMILES string of the molecule is Cc1ncc([OH2+])cn1. The lowest BCUT2D eigenvalue weighted by Crippen LogP contribution is -1.82. The van der Waals surface area contributed by atoms with E-state index in [0.717, 1.165) is 0 Å². The molecule has 0 spiro atoms. The number of rotatable bonds is 0. The molecule has 0 saturated heterocycles. The summed E-state index contributed by atoms with van der Waals surface area (Å²) < 4.78 is 0. The van der Waals surface area contributed by atoms with Crippen LogP contribution in [0, 0.1) is 6.92 Å². The van der Waals surface area contributed by atoms with Crippen molar-refractivity contribution >= 4 is 0 Å². The van der Waals surface area contributed by atoms with E-state index in [4.69, 9.17) is 5.11 Å². The largest absolute Gasteiger partial charge is 0.591 e. The van der Waals surface area contributed by atoms with E-state index in [9.17, 15) is 0 Å². The van der Waals surface area contributed by atoms with Gasteiger partial charge in [0.2, 0.25) is 0 Å². The van der Waals surface area contributed by atoms with Crippen LogP contribution in [0.15, 0.2) is 12.4 Å². The number of aryl methyl sites for hydroxylation is 1. The summed E-state index contributed by atoms with van der Waals surface area (Å²) in [6.07, 6.45) is 2.95. The first-order valence-electron chi connectivity index (χ1n) is 2.29. The van der Waals surface area contributed by atoms with Crippen molar-refractivity contribution in [1.29, 1.82) is 0 Å². The van der Waals surface area contributed by atoms with Gasteiger partial charge in [-0.25, -0.2) is 9.97 Å². The Bertz CT molecular complexity index is 149. The molecule has 1 heterocycles. The zero-order chi connectivity index (χ0) is 5.98.